The number of carbonyl (C=O) groups excluding carboxylic acids is 2. The van der Waals surface area contributed by atoms with Gasteiger partial charge in [-0.15, -0.1) is 0 Å². The molecule has 1 heterocycles. The average molecular weight is 346 g/mol. The molecule has 3 aromatic rings. The molecule has 1 saturated carbocycles. The lowest BCUT2D eigenvalue weighted by molar-refractivity contribution is -0.139. The fourth-order valence-corrected chi connectivity index (χ4v) is 2.82. The Bertz CT molecular complexity index is 987. The van der Waals surface area contributed by atoms with Gasteiger partial charge in [0.1, 0.15) is 0 Å². The van der Waals surface area contributed by atoms with Gasteiger partial charge < -0.3 is 10.3 Å². The highest BCUT2D eigenvalue weighted by atomic mass is 16.2. The van der Waals surface area contributed by atoms with Crippen molar-refractivity contribution in [3.05, 3.63) is 60.2 Å². The highest BCUT2D eigenvalue weighted by Gasteiger charge is 2.26. The van der Waals surface area contributed by atoms with Crippen LogP contribution in [-0.4, -0.2) is 29.1 Å². The quantitative estimate of drug-likeness (QED) is 0.385. The van der Waals surface area contributed by atoms with E-state index < -0.39 is 11.8 Å². The molecule has 2 aromatic carbocycles. The molecular formula is C20H18N4O2. The molecule has 1 aromatic heterocycles. The molecule has 6 nitrogen and oxygen atoms in total. The van der Waals surface area contributed by atoms with Crippen LogP contribution in [0.3, 0.4) is 0 Å². The number of hydrazone groups is 1. The number of hydrogen-bond donors (Lipinski definition) is 3. The number of carbonyl (C=O) groups is 2. The molecule has 0 saturated heterocycles. The Morgan fingerprint density at radius 3 is 2.50 bits per heavy atom. The van der Waals surface area contributed by atoms with Gasteiger partial charge in [-0.2, -0.15) is 5.10 Å². The Morgan fingerprint density at radius 2 is 1.73 bits per heavy atom. The van der Waals surface area contributed by atoms with Gasteiger partial charge in [-0.05, 0) is 24.5 Å². The first-order valence-electron chi connectivity index (χ1n) is 8.52. The first-order valence-corrected chi connectivity index (χ1v) is 8.52. The molecule has 1 aliphatic carbocycles. The predicted octanol–water partition coefficient (Wildman–Crippen LogP) is 2.56. The molecule has 2 amide bonds. The van der Waals surface area contributed by atoms with Crippen LogP contribution in [0.1, 0.15) is 18.4 Å². The van der Waals surface area contributed by atoms with Crippen LogP contribution in [0.2, 0.25) is 0 Å². The van der Waals surface area contributed by atoms with Gasteiger partial charge in [0.2, 0.25) is 0 Å². The number of H-pyrrole nitrogens is 1. The predicted molar refractivity (Wildman–Crippen MR) is 101 cm³/mol. The number of aromatic nitrogens is 1. The third kappa shape index (κ3) is 3.35. The van der Waals surface area contributed by atoms with Gasteiger partial charge in [0.25, 0.3) is 0 Å². The lowest BCUT2D eigenvalue weighted by Crippen LogP contribution is -2.38. The fraction of sp³-hybridized carbons (Fsp3) is 0.150. The number of aromatic amines is 1. The lowest BCUT2D eigenvalue weighted by Gasteiger charge is -2.02. The van der Waals surface area contributed by atoms with E-state index in [0.717, 1.165) is 40.6 Å². The van der Waals surface area contributed by atoms with Crippen molar-refractivity contribution < 1.29 is 9.59 Å². The Labute approximate surface area is 150 Å². The number of hydrogen-bond acceptors (Lipinski definition) is 3. The first-order chi connectivity index (χ1) is 12.7. The minimum absolute atomic E-state index is 0.135. The van der Waals surface area contributed by atoms with Crippen LogP contribution in [-0.2, 0) is 9.59 Å². The van der Waals surface area contributed by atoms with Crippen LogP contribution >= 0.6 is 0 Å². The van der Waals surface area contributed by atoms with E-state index in [2.05, 4.69) is 20.8 Å². The normalized spacial score (nSPS) is 13.8. The van der Waals surface area contributed by atoms with E-state index in [9.17, 15) is 9.59 Å². The van der Waals surface area contributed by atoms with E-state index in [1.165, 1.54) is 0 Å². The van der Waals surface area contributed by atoms with Crippen LogP contribution in [0.15, 0.2) is 59.7 Å². The second kappa shape index (κ2) is 6.84. The van der Waals surface area contributed by atoms with Gasteiger partial charge in [-0.3, -0.25) is 9.59 Å². The maximum atomic E-state index is 11.8. The molecule has 6 heteroatoms. The summed E-state index contributed by atoms with van der Waals surface area (Å²) in [5.74, 6) is -1.40. The summed E-state index contributed by atoms with van der Waals surface area (Å²) in [5, 5.41) is 7.62. The standard InChI is InChI=1S/C20H18N4O2/c25-19(22-14-10-11-14)20(26)24-21-12-16-15-8-4-5-9-17(15)23-18(16)13-6-2-1-3-7-13/h1-9,12,14,23H,10-11H2,(H,22,25)(H,24,26)/b21-12+. The summed E-state index contributed by atoms with van der Waals surface area (Å²) >= 11 is 0. The topological polar surface area (TPSA) is 86.3 Å². The number of nitrogens with zero attached hydrogens (tertiary/aromatic N) is 1. The summed E-state index contributed by atoms with van der Waals surface area (Å²) in [6, 6.07) is 17.9. The largest absolute Gasteiger partial charge is 0.354 e. The number of fused-ring (bicyclic) bond motifs is 1. The third-order valence-corrected chi connectivity index (χ3v) is 4.29. The Balaban J connectivity index is 1.60. The fourth-order valence-electron chi connectivity index (χ4n) is 2.82. The van der Waals surface area contributed by atoms with Gasteiger partial charge in [0, 0.05) is 22.5 Å². The van der Waals surface area contributed by atoms with Crippen LogP contribution in [0.5, 0.6) is 0 Å². The Morgan fingerprint density at radius 1 is 1.00 bits per heavy atom. The Kier molecular flexibility index (Phi) is 4.23. The summed E-state index contributed by atoms with van der Waals surface area (Å²) in [6.07, 6.45) is 3.43. The molecule has 0 unspecified atom stereocenters. The molecule has 0 spiro atoms. The molecule has 4 rings (SSSR count). The zero-order valence-corrected chi connectivity index (χ0v) is 14.0. The first kappa shape index (κ1) is 16.1. The SMILES string of the molecule is O=C(N/N=C/c1c(-c2ccccc2)[nH]c2ccccc12)C(=O)NC1CC1. The third-order valence-electron chi connectivity index (χ3n) is 4.29. The van der Waals surface area contributed by atoms with Crippen molar-refractivity contribution in [3.8, 4) is 11.3 Å². The van der Waals surface area contributed by atoms with Gasteiger partial charge in [0.15, 0.2) is 0 Å². The molecule has 0 radical (unpaired) electrons. The second-order valence-electron chi connectivity index (χ2n) is 6.27. The Hall–Kier alpha value is -3.41. The van der Waals surface area contributed by atoms with Gasteiger partial charge in [-0.25, -0.2) is 5.43 Å². The van der Waals surface area contributed by atoms with Crippen LogP contribution in [0.25, 0.3) is 22.2 Å². The zero-order valence-electron chi connectivity index (χ0n) is 14.0. The lowest BCUT2D eigenvalue weighted by atomic mass is 10.1. The molecule has 3 N–H and O–H groups in total. The molecule has 0 bridgehead atoms. The maximum Gasteiger partial charge on any atom is 0.329 e. The van der Waals surface area contributed by atoms with Crippen molar-refractivity contribution in [3.63, 3.8) is 0 Å². The van der Waals surface area contributed by atoms with Gasteiger partial charge >= 0.3 is 11.8 Å². The number of benzene rings is 2. The summed E-state index contributed by atoms with van der Waals surface area (Å²) in [4.78, 5) is 26.9. The molecule has 26 heavy (non-hydrogen) atoms. The van der Waals surface area contributed by atoms with Gasteiger partial charge in [-0.1, -0.05) is 48.5 Å². The van der Waals surface area contributed by atoms with E-state index in [1.54, 1.807) is 6.21 Å². The van der Waals surface area contributed by atoms with Crippen molar-refractivity contribution in [2.24, 2.45) is 5.10 Å². The highest BCUT2D eigenvalue weighted by molar-refractivity contribution is 6.35. The number of amides is 2. The molecule has 1 aliphatic rings. The van der Waals surface area contributed by atoms with Gasteiger partial charge in [0.05, 0.1) is 11.9 Å². The van der Waals surface area contributed by atoms with E-state index in [-0.39, 0.29) is 6.04 Å². The smallest absolute Gasteiger partial charge is 0.329 e. The van der Waals surface area contributed by atoms with Crippen molar-refractivity contribution in [2.45, 2.75) is 18.9 Å². The molecular weight excluding hydrogens is 328 g/mol. The monoisotopic (exact) mass is 346 g/mol. The van der Waals surface area contributed by atoms with Crippen molar-refractivity contribution in [1.29, 1.82) is 0 Å². The van der Waals surface area contributed by atoms with Crippen LogP contribution in [0, 0.1) is 0 Å². The minimum Gasteiger partial charge on any atom is -0.354 e. The van der Waals surface area contributed by atoms with Crippen molar-refractivity contribution in [1.82, 2.24) is 15.7 Å². The summed E-state index contributed by atoms with van der Waals surface area (Å²) < 4.78 is 0. The van der Waals surface area contributed by atoms with Crippen LogP contribution in [0.4, 0.5) is 0 Å². The van der Waals surface area contributed by atoms with E-state index in [4.69, 9.17) is 0 Å². The van der Waals surface area contributed by atoms with E-state index in [0.29, 0.717) is 0 Å². The minimum atomic E-state index is -0.755. The highest BCUT2D eigenvalue weighted by Crippen LogP contribution is 2.28. The summed E-state index contributed by atoms with van der Waals surface area (Å²) in [7, 11) is 0. The van der Waals surface area contributed by atoms with Crippen LogP contribution < -0.4 is 10.7 Å². The summed E-state index contributed by atoms with van der Waals surface area (Å²) in [5.41, 5.74) is 6.06. The molecule has 130 valence electrons. The number of para-hydroxylation sites is 1. The number of rotatable bonds is 4. The second-order valence-corrected chi connectivity index (χ2v) is 6.27. The van der Waals surface area contributed by atoms with E-state index in [1.807, 2.05) is 54.6 Å². The average Bonchev–Trinajstić information content (AvgIpc) is 3.41. The molecule has 0 atom stereocenters. The molecule has 0 aliphatic heterocycles. The summed E-state index contributed by atoms with van der Waals surface area (Å²) in [6.45, 7) is 0. The zero-order chi connectivity index (χ0) is 17.9. The van der Waals surface area contributed by atoms with Crippen molar-refractivity contribution >= 4 is 28.9 Å². The van der Waals surface area contributed by atoms with E-state index >= 15 is 0 Å². The molecule has 1 fully saturated rings. The maximum absolute atomic E-state index is 11.8. The van der Waals surface area contributed by atoms with Crippen molar-refractivity contribution in [2.75, 3.05) is 0 Å². The number of nitrogens with one attached hydrogen (secondary N) is 3.